The Kier molecular flexibility index (Phi) is 16.8. The van der Waals surface area contributed by atoms with Crippen LogP contribution in [0.4, 0.5) is 10.1 Å². The number of carbonyl (C=O) groups excluding carboxylic acids is 2. The number of ether oxygens (including phenoxy) is 4. The monoisotopic (exact) mass is 862 g/mol. The third kappa shape index (κ3) is 10.7. The molecule has 59 heavy (non-hydrogen) atoms. The molecule has 7 rings (SSSR count). The largest absolute Gasteiger partial charge is 0.490 e. The zero-order chi connectivity index (χ0) is 42.8. The van der Waals surface area contributed by atoms with E-state index in [1.807, 2.05) is 25.1 Å². The van der Waals surface area contributed by atoms with Gasteiger partial charge in [0.1, 0.15) is 11.4 Å². The Hall–Kier alpha value is -3.11. The van der Waals surface area contributed by atoms with Crippen molar-refractivity contribution in [3.63, 3.8) is 0 Å². The average molecular weight is 864 g/mol. The van der Waals surface area contributed by atoms with Crippen molar-refractivity contribution in [2.75, 3.05) is 92.5 Å². The molecule has 2 bridgehead atoms. The SMILES string of the molecule is CF.COCC(COC)N1CCNCC1.CO[C@@]1(C=O)/C=C/C[C@H](C)[C@@H](C)S(=O)(=O)NC(=O)c2ccc3c(c2)N(C[C@@H]2CC[C@H]21)C[C@@]1(CCCc2cc(Cl)ccc21)CO3. The van der Waals surface area contributed by atoms with E-state index in [4.69, 9.17) is 30.5 Å². The minimum Gasteiger partial charge on any atom is -0.490 e. The number of fused-ring (bicyclic) bond motifs is 4. The van der Waals surface area contributed by atoms with Crippen LogP contribution >= 0.6 is 11.6 Å². The van der Waals surface area contributed by atoms with Gasteiger partial charge in [-0.1, -0.05) is 30.7 Å². The molecule has 5 aliphatic rings. The maximum Gasteiger partial charge on any atom is 0.264 e. The number of aryl methyl sites for hydroxylation is 1. The van der Waals surface area contributed by atoms with Gasteiger partial charge in [0.25, 0.3) is 5.91 Å². The quantitative estimate of drug-likeness (QED) is 0.266. The Balaban J connectivity index is 0.000000375. The Labute approximate surface area is 355 Å². The third-order valence-corrected chi connectivity index (χ3v) is 15.2. The molecule has 2 aromatic rings. The molecule has 15 heteroatoms. The number of sulfonamides is 1. The summed E-state index contributed by atoms with van der Waals surface area (Å²) in [6.45, 7) is 11.0. The van der Waals surface area contributed by atoms with Gasteiger partial charge in [0.2, 0.25) is 10.0 Å². The number of nitrogens with zero attached hydrogens (tertiary/aromatic N) is 2. The highest BCUT2D eigenvalue weighted by atomic mass is 35.5. The van der Waals surface area contributed by atoms with Crippen LogP contribution < -0.4 is 19.7 Å². The standard InChI is InChI=1S/C34H41ClN2O6S.C9H20N2O2.CH3F/c1-22-6-4-15-34(20-38,42-3)29-11-8-26(29)18-37-19-33(14-5-7-24-16-27(35)10-12-28(24)33)21-43-31-13-9-25(17-30(31)37)32(39)36-44(40,41)23(22)2;1-12-7-9(8-13-2)11-5-3-10-4-6-11;1-2/h4,9-10,12-13,15-17,20,22-23,26,29H,5-8,11,14,18-19,21H2,1-3H3,(H,36,39);9-10H,3-8H2,1-2H3;1H3/b15-4+;;/t22-,23+,26-,29+,33-,34+;;/m0../s1. The average Bonchev–Trinajstić information content (AvgIpc) is 3.38. The molecule has 1 saturated heterocycles. The third-order valence-electron chi connectivity index (χ3n) is 13.1. The molecule has 12 nitrogen and oxygen atoms in total. The summed E-state index contributed by atoms with van der Waals surface area (Å²) in [6, 6.07) is 11.7. The van der Waals surface area contributed by atoms with E-state index in [0.717, 1.165) is 83.5 Å². The second kappa shape index (κ2) is 21.1. The van der Waals surface area contributed by atoms with E-state index in [2.05, 4.69) is 32.0 Å². The summed E-state index contributed by atoms with van der Waals surface area (Å²) in [7, 11) is 1.58. The predicted octanol–water partition coefficient (Wildman–Crippen LogP) is 5.61. The molecular weight excluding hydrogens is 799 g/mol. The molecule has 3 aliphatic heterocycles. The van der Waals surface area contributed by atoms with Gasteiger partial charge in [0.15, 0.2) is 6.29 Å². The lowest BCUT2D eigenvalue weighted by Gasteiger charge is -2.48. The Morgan fingerprint density at radius 3 is 2.42 bits per heavy atom. The van der Waals surface area contributed by atoms with Crippen molar-refractivity contribution in [3.05, 3.63) is 70.3 Å². The van der Waals surface area contributed by atoms with E-state index in [9.17, 15) is 22.4 Å². The van der Waals surface area contributed by atoms with Gasteiger partial charge in [0, 0.05) is 82.5 Å². The first-order chi connectivity index (χ1) is 28.4. The molecule has 2 aliphatic carbocycles. The number of alkyl halides is 1. The maximum absolute atomic E-state index is 13.4. The molecule has 2 fully saturated rings. The Morgan fingerprint density at radius 1 is 1.05 bits per heavy atom. The maximum atomic E-state index is 13.4. The molecule has 1 amide bonds. The molecule has 2 aromatic carbocycles. The summed E-state index contributed by atoms with van der Waals surface area (Å²) >= 11 is 6.40. The van der Waals surface area contributed by atoms with Crippen LogP contribution in [0.3, 0.4) is 0 Å². The fourth-order valence-electron chi connectivity index (χ4n) is 9.37. The fourth-order valence-corrected chi connectivity index (χ4v) is 10.9. The molecule has 0 aromatic heterocycles. The molecule has 328 valence electrons. The number of piperazine rings is 1. The number of anilines is 1. The van der Waals surface area contributed by atoms with Gasteiger partial charge in [-0.3, -0.25) is 18.9 Å². The highest BCUT2D eigenvalue weighted by Crippen LogP contribution is 2.48. The summed E-state index contributed by atoms with van der Waals surface area (Å²) in [5.41, 5.74) is 2.05. The number of halogens is 2. The Morgan fingerprint density at radius 2 is 1.78 bits per heavy atom. The van der Waals surface area contributed by atoms with Crippen LogP contribution in [0.2, 0.25) is 5.02 Å². The first-order valence-electron chi connectivity index (χ1n) is 20.8. The van der Waals surface area contributed by atoms with Crippen LogP contribution in [0, 0.1) is 17.8 Å². The number of aldehydes is 1. The highest BCUT2D eigenvalue weighted by molar-refractivity contribution is 7.90. The second-order valence-corrected chi connectivity index (χ2v) is 19.0. The topological polar surface area (TPSA) is 136 Å². The molecule has 0 radical (unpaired) electrons. The number of hydrogen-bond acceptors (Lipinski definition) is 11. The van der Waals surface area contributed by atoms with Gasteiger partial charge >= 0.3 is 0 Å². The summed E-state index contributed by atoms with van der Waals surface area (Å²) < 4.78 is 61.2. The number of methoxy groups -OCH3 is 3. The lowest BCUT2D eigenvalue weighted by molar-refractivity contribution is -0.135. The van der Waals surface area contributed by atoms with Gasteiger partial charge in [-0.05, 0) is 105 Å². The summed E-state index contributed by atoms with van der Waals surface area (Å²) in [4.78, 5) is 30.8. The van der Waals surface area contributed by atoms with Gasteiger partial charge in [-0.15, -0.1) is 0 Å². The van der Waals surface area contributed by atoms with E-state index < -0.39 is 26.8 Å². The van der Waals surface area contributed by atoms with Crippen LogP contribution in [-0.2, 0) is 40.9 Å². The van der Waals surface area contributed by atoms with Crippen molar-refractivity contribution in [2.24, 2.45) is 17.8 Å². The van der Waals surface area contributed by atoms with Crippen molar-refractivity contribution in [1.29, 1.82) is 0 Å². The zero-order valence-corrected chi connectivity index (χ0v) is 37.1. The Bertz CT molecular complexity index is 1860. The first-order valence-corrected chi connectivity index (χ1v) is 22.7. The number of carbonyl (C=O) groups is 2. The lowest BCUT2D eigenvalue weighted by atomic mass is 9.64. The summed E-state index contributed by atoms with van der Waals surface area (Å²) in [6.07, 6.45) is 9.65. The van der Waals surface area contributed by atoms with Gasteiger partial charge in [-0.2, -0.15) is 0 Å². The number of amides is 1. The van der Waals surface area contributed by atoms with Gasteiger partial charge in [0.05, 0.1) is 44.0 Å². The smallest absolute Gasteiger partial charge is 0.264 e. The number of nitrogens with one attached hydrogen (secondary N) is 2. The first kappa shape index (κ1) is 46.9. The van der Waals surface area contributed by atoms with Crippen LogP contribution in [0.25, 0.3) is 0 Å². The van der Waals surface area contributed by atoms with E-state index in [-0.39, 0.29) is 28.7 Å². The summed E-state index contributed by atoms with van der Waals surface area (Å²) in [5, 5.41) is 3.21. The van der Waals surface area contributed by atoms with Crippen molar-refractivity contribution >= 4 is 39.5 Å². The van der Waals surface area contributed by atoms with Gasteiger partial charge in [-0.25, -0.2) is 13.1 Å². The molecule has 0 unspecified atom stereocenters. The lowest BCUT2D eigenvalue weighted by Crippen LogP contribution is -2.53. The number of allylic oxidation sites excluding steroid dienone is 1. The second-order valence-electron chi connectivity index (χ2n) is 16.6. The van der Waals surface area contributed by atoms with Crippen molar-refractivity contribution in [1.82, 2.24) is 14.9 Å². The zero-order valence-electron chi connectivity index (χ0n) is 35.5. The molecule has 1 spiro atoms. The number of hydrogen-bond donors (Lipinski definition) is 2. The van der Waals surface area contributed by atoms with Crippen molar-refractivity contribution < 1.29 is 41.3 Å². The van der Waals surface area contributed by atoms with Crippen molar-refractivity contribution in [2.45, 2.75) is 74.7 Å². The van der Waals surface area contributed by atoms with Crippen LogP contribution in [0.1, 0.15) is 67.4 Å². The minimum atomic E-state index is -3.97. The number of benzene rings is 2. The van der Waals surface area contributed by atoms with E-state index in [1.165, 1.54) is 11.1 Å². The molecule has 1 saturated carbocycles. The van der Waals surface area contributed by atoms with E-state index in [0.29, 0.717) is 50.1 Å². The summed E-state index contributed by atoms with van der Waals surface area (Å²) in [5.74, 6) is -0.203. The van der Waals surface area contributed by atoms with Gasteiger partial charge < -0.3 is 29.2 Å². The van der Waals surface area contributed by atoms with Crippen LogP contribution in [0.15, 0.2) is 48.6 Å². The fraction of sp³-hybridized carbons (Fsp3) is 0.636. The van der Waals surface area contributed by atoms with Crippen LogP contribution in [-0.4, -0.2) is 130 Å². The molecule has 3 heterocycles. The molecule has 2 N–H and O–H groups in total. The van der Waals surface area contributed by atoms with E-state index >= 15 is 0 Å². The number of rotatable bonds is 7. The van der Waals surface area contributed by atoms with Crippen LogP contribution in [0.5, 0.6) is 5.75 Å². The predicted molar refractivity (Wildman–Crippen MR) is 230 cm³/mol. The molecule has 6 atom stereocenters. The van der Waals surface area contributed by atoms with E-state index in [1.54, 1.807) is 46.5 Å². The highest BCUT2D eigenvalue weighted by Gasteiger charge is 2.49. The normalized spacial score (nSPS) is 29.7. The van der Waals surface area contributed by atoms with Crippen molar-refractivity contribution in [3.8, 4) is 5.75 Å². The molecular formula is C44H64ClFN4O8S. The minimum absolute atomic E-state index is 0.0434.